The smallest absolute Gasteiger partial charge is 0.267 e. The third-order valence-corrected chi connectivity index (χ3v) is 5.62. The molecule has 4 rings (SSSR count). The lowest BCUT2D eigenvalue weighted by molar-refractivity contribution is -0.125. The van der Waals surface area contributed by atoms with Crippen molar-refractivity contribution >= 4 is 23.2 Å². The maximum absolute atomic E-state index is 12.9. The summed E-state index contributed by atoms with van der Waals surface area (Å²) in [6.45, 7) is 6.94. The molecule has 0 spiro atoms. The predicted molar refractivity (Wildman–Crippen MR) is 136 cm³/mol. The summed E-state index contributed by atoms with van der Waals surface area (Å²) in [5, 5.41) is 2.92. The number of benzene rings is 3. The molecule has 1 heterocycles. The van der Waals surface area contributed by atoms with Crippen molar-refractivity contribution < 1.29 is 23.8 Å². The zero-order valence-electron chi connectivity index (χ0n) is 20.2. The van der Waals surface area contributed by atoms with E-state index in [2.05, 4.69) is 5.32 Å². The van der Waals surface area contributed by atoms with Crippen LogP contribution in [-0.2, 0) is 16.0 Å². The molecule has 182 valence electrons. The van der Waals surface area contributed by atoms with E-state index in [0.717, 1.165) is 22.6 Å². The van der Waals surface area contributed by atoms with Gasteiger partial charge >= 0.3 is 0 Å². The van der Waals surface area contributed by atoms with Crippen molar-refractivity contribution in [2.24, 2.45) is 0 Å². The van der Waals surface area contributed by atoms with Crippen molar-refractivity contribution in [1.82, 2.24) is 0 Å². The SMILES string of the molecule is CCOc1ccc(CC(=O)Nc2ccc3c(c2)N(CCOc2cccc(C)c2)C(=O)C(C)O3)cc1. The van der Waals surface area contributed by atoms with E-state index in [9.17, 15) is 9.59 Å². The van der Waals surface area contributed by atoms with Gasteiger partial charge in [0.1, 0.15) is 23.9 Å². The van der Waals surface area contributed by atoms with E-state index in [1.807, 2.05) is 62.4 Å². The topological polar surface area (TPSA) is 77.1 Å². The Hall–Kier alpha value is -4.00. The highest BCUT2D eigenvalue weighted by atomic mass is 16.5. The maximum atomic E-state index is 12.9. The Labute approximate surface area is 205 Å². The van der Waals surface area contributed by atoms with E-state index in [-0.39, 0.29) is 18.2 Å². The second kappa shape index (κ2) is 11.0. The van der Waals surface area contributed by atoms with Crippen molar-refractivity contribution in [2.45, 2.75) is 33.3 Å². The highest BCUT2D eigenvalue weighted by Gasteiger charge is 2.31. The first-order valence-electron chi connectivity index (χ1n) is 11.8. The zero-order valence-corrected chi connectivity index (χ0v) is 20.2. The molecule has 0 aliphatic carbocycles. The quantitative estimate of drug-likeness (QED) is 0.484. The molecule has 1 aliphatic rings. The molecule has 3 aromatic carbocycles. The molecular formula is C28H30N2O5. The van der Waals surface area contributed by atoms with Gasteiger partial charge in [-0.2, -0.15) is 0 Å². The van der Waals surface area contributed by atoms with Gasteiger partial charge in [-0.25, -0.2) is 0 Å². The Morgan fingerprint density at radius 3 is 2.57 bits per heavy atom. The van der Waals surface area contributed by atoms with Crippen LogP contribution in [0.1, 0.15) is 25.0 Å². The highest BCUT2D eigenvalue weighted by Crippen LogP contribution is 2.36. The number of aryl methyl sites for hydroxylation is 1. The van der Waals surface area contributed by atoms with Gasteiger partial charge in [0.15, 0.2) is 6.10 Å². The van der Waals surface area contributed by atoms with Gasteiger partial charge in [0.2, 0.25) is 5.91 Å². The van der Waals surface area contributed by atoms with Crippen LogP contribution in [0.3, 0.4) is 0 Å². The number of anilines is 2. The molecular weight excluding hydrogens is 444 g/mol. The standard InChI is InChI=1S/C28H30N2O5/c1-4-33-23-11-8-21(9-12-23)17-27(31)29-22-10-13-26-25(18-22)30(28(32)20(3)35-26)14-15-34-24-7-5-6-19(2)16-24/h5-13,16,18,20H,4,14-15,17H2,1-3H3,(H,29,31). The lowest BCUT2D eigenvalue weighted by atomic mass is 10.1. The summed E-state index contributed by atoms with van der Waals surface area (Å²) in [6, 6.07) is 20.6. The third-order valence-electron chi connectivity index (χ3n) is 5.62. The van der Waals surface area contributed by atoms with Crippen LogP contribution in [0.2, 0.25) is 0 Å². The lowest BCUT2D eigenvalue weighted by Gasteiger charge is -2.33. The summed E-state index contributed by atoms with van der Waals surface area (Å²) < 4.78 is 17.1. The van der Waals surface area contributed by atoms with Crippen molar-refractivity contribution in [1.29, 1.82) is 0 Å². The molecule has 1 unspecified atom stereocenters. The fraction of sp³-hybridized carbons (Fsp3) is 0.286. The molecule has 0 saturated carbocycles. The first-order valence-corrected chi connectivity index (χ1v) is 11.8. The number of nitrogens with one attached hydrogen (secondary N) is 1. The van der Waals surface area contributed by atoms with Crippen LogP contribution in [0.4, 0.5) is 11.4 Å². The van der Waals surface area contributed by atoms with Crippen molar-refractivity contribution in [3.63, 3.8) is 0 Å². The Morgan fingerprint density at radius 2 is 1.83 bits per heavy atom. The van der Waals surface area contributed by atoms with Gasteiger partial charge in [-0.3, -0.25) is 9.59 Å². The van der Waals surface area contributed by atoms with E-state index in [1.165, 1.54) is 0 Å². The van der Waals surface area contributed by atoms with E-state index in [4.69, 9.17) is 14.2 Å². The molecule has 0 aromatic heterocycles. The molecule has 7 nitrogen and oxygen atoms in total. The Bertz CT molecular complexity index is 1190. The van der Waals surface area contributed by atoms with Crippen LogP contribution < -0.4 is 24.4 Å². The Kier molecular flexibility index (Phi) is 7.55. The van der Waals surface area contributed by atoms with Crippen LogP contribution in [0.5, 0.6) is 17.2 Å². The Morgan fingerprint density at radius 1 is 1.03 bits per heavy atom. The van der Waals surface area contributed by atoms with Crippen LogP contribution in [0.25, 0.3) is 0 Å². The van der Waals surface area contributed by atoms with Crippen molar-refractivity contribution in [3.05, 3.63) is 77.9 Å². The van der Waals surface area contributed by atoms with Crippen LogP contribution in [0, 0.1) is 6.92 Å². The molecule has 0 radical (unpaired) electrons. The second-order valence-corrected chi connectivity index (χ2v) is 8.40. The van der Waals surface area contributed by atoms with Gasteiger partial charge in [-0.05, 0) is 74.4 Å². The van der Waals surface area contributed by atoms with E-state index in [1.54, 1.807) is 30.0 Å². The average molecular weight is 475 g/mol. The fourth-order valence-corrected chi connectivity index (χ4v) is 3.94. The highest BCUT2D eigenvalue weighted by molar-refractivity contribution is 6.01. The molecule has 2 amide bonds. The predicted octanol–water partition coefficient (Wildman–Crippen LogP) is 4.77. The van der Waals surface area contributed by atoms with Crippen molar-refractivity contribution in [2.75, 3.05) is 30.0 Å². The van der Waals surface area contributed by atoms with Crippen molar-refractivity contribution in [3.8, 4) is 17.2 Å². The van der Waals surface area contributed by atoms with Gasteiger partial charge in [0.25, 0.3) is 5.91 Å². The minimum atomic E-state index is -0.596. The summed E-state index contributed by atoms with van der Waals surface area (Å²) >= 11 is 0. The lowest BCUT2D eigenvalue weighted by Crippen LogP contribution is -2.46. The molecule has 1 N–H and O–H groups in total. The first-order chi connectivity index (χ1) is 16.9. The number of fused-ring (bicyclic) bond motifs is 1. The molecule has 1 aliphatic heterocycles. The third kappa shape index (κ3) is 6.12. The number of carbonyl (C=O) groups excluding carboxylic acids is 2. The molecule has 0 fully saturated rings. The number of hydrogen-bond donors (Lipinski definition) is 1. The number of ether oxygens (including phenoxy) is 3. The fourth-order valence-electron chi connectivity index (χ4n) is 3.94. The maximum Gasteiger partial charge on any atom is 0.267 e. The number of hydrogen-bond acceptors (Lipinski definition) is 5. The molecule has 7 heteroatoms. The van der Waals surface area contributed by atoms with Crippen LogP contribution in [-0.4, -0.2) is 37.7 Å². The second-order valence-electron chi connectivity index (χ2n) is 8.40. The summed E-state index contributed by atoms with van der Waals surface area (Å²) in [6.07, 6.45) is -0.370. The summed E-state index contributed by atoms with van der Waals surface area (Å²) in [5.41, 5.74) is 3.19. The summed E-state index contributed by atoms with van der Waals surface area (Å²) in [4.78, 5) is 27.2. The molecule has 0 bridgehead atoms. The van der Waals surface area contributed by atoms with Crippen LogP contribution in [0.15, 0.2) is 66.7 Å². The van der Waals surface area contributed by atoms with Gasteiger partial charge in [-0.1, -0.05) is 24.3 Å². The number of amides is 2. The van der Waals surface area contributed by atoms with E-state index < -0.39 is 6.10 Å². The molecule has 0 saturated heterocycles. The zero-order chi connectivity index (χ0) is 24.8. The average Bonchev–Trinajstić information content (AvgIpc) is 2.83. The summed E-state index contributed by atoms with van der Waals surface area (Å²) in [7, 11) is 0. The number of nitrogens with zero attached hydrogens (tertiary/aromatic N) is 1. The first kappa shape index (κ1) is 24.1. The van der Waals surface area contributed by atoms with Crippen LogP contribution >= 0.6 is 0 Å². The van der Waals surface area contributed by atoms with Gasteiger partial charge < -0.3 is 24.4 Å². The number of rotatable bonds is 9. The molecule has 3 aromatic rings. The Balaban J connectivity index is 1.43. The van der Waals surface area contributed by atoms with Gasteiger partial charge in [0.05, 0.1) is 25.3 Å². The van der Waals surface area contributed by atoms with E-state index in [0.29, 0.717) is 36.9 Å². The molecule has 35 heavy (non-hydrogen) atoms. The summed E-state index contributed by atoms with van der Waals surface area (Å²) in [5.74, 6) is 1.83. The van der Waals surface area contributed by atoms with Gasteiger partial charge in [-0.15, -0.1) is 0 Å². The monoisotopic (exact) mass is 474 g/mol. The minimum Gasteiger partial charge on any atom is -0.494 e. The number of carbonyl (C=O) groups is 2. The largest absolute Gasteiger partial charge is 0.494 e. The minimum absolute atomic E-state index is 0.150. The van der Waals surface area contributed by atoms with Gasteiger partial charge in [0, 0.05) is 5.69 Å². The molecule has 1 atom stereocenters. The van der Waals surface area contributed by atoms with E-state index >= 15 is 0 Å². The normalized spacial score (nSPS) is 14.7.